The van der Waals surface area contributed by atoms with Crippen molar-refractivity contribution >= 4 is 34.1 Å². The van der Waals surface area contributed by atoms with Gasteiger partial charge in [0.05, 0.1) is 0 Å². The van der Waals surface area contributed by atoms with Crippen LogP contribution in [0.5, 0.6) is 0 Å². The summed E-state index contributed by atoms with van der Waals surface area (Å²) < 4.78 is 1.01. The highest BCUT2D eigenvalue weighted by atomic mass is 79.9. The van der Waals surface area contributed by atoms with Gasteiger partial charge in [0.25, 0.3) is 5.91 Å². The van der Waals surface area contributed by atoms with Crippen LogP contribution in [0.25, 0.3) is 6.08 Å². The maximum absolute atomic E-state index is 11.7. The molecule has 22 heavy (non-hydrogen) atoms. The van der Waals surface area contributed by atoms with Crippen molar-refractivity contribution in [1.82, 2.24) is 5.43 Å². The standard InChI is InChI=1S/C17H15BrN2O2/c18-15-10-8-13(9-11-15)5-4-12-19-20-17(22)16(21)14-6-2-1-3-7-14/h1-12,16,21H,(H,20,22)/b5-4+,19-12-/t16-/m1/s1. The topological polar surface area (TPSA) is 61.7 Å². The normalized spacial score (nSPS) is 12.6. The maximum Gasteiger partial charge on any atom is 0.273 e. The fourth-order valence-electron chi connectivity index (χ4n) is 1.72. The summed E-state index contributed by atoms with van der Waals surface area (Å²) in [6.07, 6.45) is 3.79. The van der Waals surface area contributed by atoms with Crippen molar-refractivity contribution < 1.29 is 9.90 Å². The fourth-order valence-corrected chi connectivity index (χ4v) is 1.98. The predicted octanol–water partition coefficient (Wildman–Crippen LogP) is 3.30. The summed E-state index contributed by atoms with van der Waals surface area (Å²) in [4.78, 5) is 11.7. The van der Waals surface area contributed by atoms with Crippen molar-refractivity contribution in [3.05, 3.63) is 76.3 Å². The summed E-state index contributed by atoms with van der Waals surface area (Å²) in [7, 11) is 0. The SMILES string of the molecule is O=C(N/N=C\C=C\c1ccc(Br)cc1)[C@H](O)c1ccccc1. The summed E-state index contributed by atoms with van der Waals surface area (Å²) >= 11 is 3.37. The monoisotopic (exact) mass is 358 g/mol. The number of benzene rings is 2. The van der Waals surface area contributed by atoms with Crippen LogP contribution in [0.1, 0.15) is 17.2 Å². The second-order valence-corrected chi connectivity index (χ2v) is 5.39. The van der Waals surface area contributed by atoms with Crippen molar-refractivity contribution in [2.75, 3.05) is 0 Å². The van der Waals surface area contributed by atoms with E-state index in [0.29, 0.717) is 5.56 Å². The molecule has 0 saturated heterocycles. The van der Waals surface area contributed by atoms with Crippen LogP contribution in [-0.2, 0) is 4.79 Å². The molecule has 2 aromatic rings. The van der Waals surface area contributed by atoms with Gasteiger partial charge in [0, 0.05) is 10.7 Å². The lowest BCUT2D eigenvalue weighted by Gasteiger charge is -2.08. The molecule has 0 aliphatic heterocycles. The van der Waals surface area contributed by atoms with Gasteiger partial charge in [0.1, 0.15) is 0 Å². The summed E-state index contributed by atoms with van der Waals surface area (Å²) in [6.45, 7) is 0. The third-order valence-electron chi connectivity index (χ3n) is 2.86. The van der Waals surface area contributed by atoms with Crippen molar-refractivity contribution in [3.63, 3.8) is 0 Å². The zero-order chi connectivity index (χ0) is 15.8. The quantitative estimate of drug-likeness (QED) is 0.636. The Morgan fingerprint density at radius 3 is 2.50 bits per heavy atom. The Hall–Kier alpha value is -2.24. The first-order valence-corrected chi connectivity index (χ1v) is 7.44. The summed E-state index contributed by atoms with van der Waals surface area (Å²) in [5.74, 6) is -0.570. The Morgan fingerprint density at radius 1 is 1.14 bits per heavy atom. The summed E-state index contributed by atoms with van der Waals surface area (Å²) in [5.41, 5.74) is 3.85. The molecule has 2 aromatic carbocycles. The number of hydrogen-bond donors (Lipinski definition) is 2. The lowest BCUT2D eigenvalue weighted by Crippen LogP contribution is -2.24. The van der Waals surface area contributed by atoms with Crippen LogP contribution >= 0.6 is 15.9 Å². The number of aliphatic hydroxyl groups is 1. The molecule has 2 N–H and O–H groups in total. The highest BCUT2D eigenvalue weighted by Gasteiger charge is 2.15. The van der Waals surface area contributed by atoms with Crippen molar-refractivity contribution in [2.45, 2.75) is 6.10 Å². The number of nitrogens with one attached hydrogen (secondary N) is 1. The van der Waals surface area contributed by atoms with E-state index >= 15 is 0 Å². The Bertz CT molecular complexity index is 667. The highest BCUT2D eigenvalue weighted by Crippen LogP contribution is 2.12. The van der Waals surface area contributed by atoms with E-state index in [1.807, 2.05) is 36.4 Å². The maximum atomic E-state index is 11.7. The minimum absolute atomic E-state index is 0.528. The van der Waals surface area contributed by atoms with Crippen LogP contribution in [0.15, 0.2) is 70.2 Å². The summed E-state index contributed by atoms with van der Waals surface area (Å²) in [6, 6.07) is 16.5. The van der Waals surface area contributed by atoms with Crippen LogP contribution in [0.4, 0.5) is 0 Å². The average molecular weight is 359 g/mol. The van der Waals surface area contributed by atoms with Crippen LogP contribution < -0.4 is 5.43 Å². The third kappa shape index (κ3) is 4.95. The highest BCUT2D eigenvalue weighted by molar-refractivity contribution is 9.10. The second-order valence-electron chi connectivity index (χ2n) is 4.48. The van der Waals surface area contributed by atoms with Gasteiger partial charge in [-0.3, -0.25) is 4.79 Å². The van der Waals surface area contributed by atoms with Crippen molar-refractivity contribution in [3.8, 4) is 0 Å². The molecule has 0 fully saturated rings. The van der Waals surface area contributed by atoms with Gasteiger partial charge in [0.2, 0.25) is 0 Å². The lowest BCUT2D eigenvalue weighted by atomic mass is 10.1. The molecule has 1 atom stereocenters. The van der Waals surface area contributed by atoms with Crippen molar-refractivity contribution in [1.29, 1.82) is 0 Å². The Kier molecular flexibility index (Phi) is 6.06. The molecule has 0 aliphatic rings. The molecular formula is C17H15BrN2O2. The Labute approximate surface area is 137 Å². The van der Waals surface area contributed by atoms with Gasteiger partial charge in [-0.15, -0.1) is 0 Å². The number of carbonyl (C=O) groups is 1. The molecule has 0 bridgehead atoms. The van der Waals surface area contributed by atoms with Gasteiger partial charge in [-0.2, -0.15) is 5.10 Å². The number of hydrazone groups is 1. The smallest absolute Gasteiger partial charge is 0.273 e. The molecule has 0 saturated carbocycles. The summed E-state index contributed by atoms with van der Waals surface area (Å²) in [5, 5.41) is 13.6. The molecule has 0 aliphatic carbocycles. The van der Waals surface area contributed by atoms with E-state index in [1.165, 1.54) is 6.21 Å². The minimum atomic E-state index is -1.23. The van der Waals surface area contributed by atoms with Gasteiger partial charge in [-0.25, -0.2) is 5.43 Å². The van der Waals surface area contributed by atoms with Crippen LogP contribution in [0.3, 0.4) is 0 Å². The molecule has 5 heteroatoms. The van der Waals surface area contributed by atoms with Gasteiger partial charge in [0.15, 0.2) is 6.10 Å². The largest absolute Gasteiger partial charge is 0.378 e. The molecule has 4 nitrogen and oxygen atoms in total. The van der Waals surface area contributed by atoms with Crippen LogP contribution in [0.2, 0.25) is 0 Å². The van der Waals surface area contributed by atoms with Crippen molar-refractivity contribution in [2.24, 2.45) is 5.10 Å². The Balaban J connectivity index is 1.84. The molecule has 0 spiro atoms. The van der Waals surface area contributed by atoms with E-state index in [4.69, 9.17) is 0 Å². The molecule has 0 aromatic heterocycles. The molecule has 0 unspecified atom stereocenters. The number of carbonyl (C=O) groups excluding carboxylic acids is 1. The fraction of sp³-hybridized carbons (Fsp3) is 0.0588. The lowest BCUT2D eigenvalue weighted by molar-refractivity contribution is -0.129. The van der Waals surface area contributed by atoms with E-state index in [0.717, 1.165) is 10.0 Å². The van der Waals surface area contributed by atoms with Gasteiger partial charge >= 0.3 is 0 Å². The van der Waals surface area contributed by atoms with E-state index < -0.39 is 12.0 Å². The number of allylic oxidation sites excluding steroid dienone is 1. The number of hydrogen-bond acceptors (Lipinski definition) is 3. The molecule has 2 rings (SSSR count). The van der Waals surface area contributed by atoms with E-state index in [1.54, 1.807) is 30.3 Å². The molecular weight excluding hydrogens is 344 g/mol. The number of rotatable bonds is 5. The number of halogens is 1. The van der Waals surface area contributed by atoms with Gasteiger partial charge < -0.3 is 5.11 Å². The Morgan fingerprint density at radius 2 is 1.82 bits per heavy atom. The molecule has 1 amide bonds. The van der Waals surface area contributed by atoms with Crippen LogP contribution in [0, 0.1) is 0 Å². The molecule has 112 valence electrons. The molecule has 0 radical (unpaired) electrons. The van der Waals surface area contributed by atoms with E-state index in [9.17, 15) is 9.90 Å². The van der Waals surface area contributed by atoms with Gasteiger partial charge in [-0.05, 0) is 29.3 Å². The predicted molar refractivity (Wildman–Crippen MR) is 91.2 cm³/mol. The average Bonchev–Trinajstić information content (AvgIpc) is 2.56. The second kappa shape index (κ2) is 8.26. The number of nitrogens with zero attached hydrogens (tertiary/aromatic N) is 1. The number of amides is 1. The first-order chi connectivity index (χ1) is 10.7. The number of aliphatic hydroxyl groups excluding tert-OH is 1. The zero-order valence-electron chi connectivity index (χ0n) is 11.7. The van der Waals surface area contributed by atoms with Crippen LogP contribution in [-0.4, -0.2) is 17.2 Å². The molecule has 0 heterocycles. The zero-order valence-corrected chi connectivity index (χ0v) is 13.3. The minimum Gasteiger partial charge on any atom is -0.378 e. The van der Waals surface area contributed by atoms with E-state index in [2.05, 4.69) is 26.5 Å². The third-order valence-corrected chi connectivity index (χ3v) is 3.39. The van der Waals surface area contributed by atoms with E-state index in [-0.39, 0.29) is 0 Å². The van der Waals surface area contributed by atoms with Gasteiger partial charge in [-0.1, -0.05) is 64.5 Å². The first kappa shape index (κ1) is 16.1. The first-order valence-electron chi connectivity index (χ1n) is 6.65.